The summed E-state index contributed by atoms with van der Waals surface area (Å²) in [5.41, 5.74) is -4.62. The summed E-state index contributed by atoms with van der Waals surface area (Å²) in [6.45, 7) is 0.326. The van der Waals surface area contributed by atoms with Gasteiger partial charge in [0.1, 0.15) is 5.69 Å². The number of aliphatic carboxylic acids is 1. The van der Waals surface area contributed by atoms with Gasteiger partial charge in [0.25, 0.3) is 5.69 Å². The molecule has 1 aromatic carbocycles. The van der Waals surface area contributed by atoms with Crippen molar-refractivity contribution >= 4 is 17.3 Å². The highest BCUT2D eigenvalue weighted by molar-refractivity contribution is 5.77. The van der Waals surface area contributed by atoms with Crippen molar-refractivity contribution in [1.29, 1.82) is 0 Å². The van der Waals surface area contributed by atoms with Crippen molar-refractivity contribution in [2.75, 3.05) is 11.9 Å². The van der Waals surface area contributed by atoms with Gasteiger partial charge in [-0.3, -0.25) is 10.1 Å². The lowest BCUT2D eigenvalue weighted by molar-refractivity contribution is -0.384. The molecule has 0 bridgehead atoms. The average Bonchev–Trinajstić information content (AvgIpc) is 2.34. The van der Waals surface area contributed by atoms with Crippen molar-refractivity contribution in [2.45, 2.75) is 18.7 Å². The van der Waals surface area contributed by atoms with Gasteiger partial charge in [0, 0.05) is 6.07 Å². The van der Waals surface area contributed by atoms with E-state index in [1.165, 1.54) is 0 Å². The van der Waals surface area contributed by atoms with Gasteiger partial charge in [-0.15, -0.1) is 0 Å². The molecule has 0 amide bonds. The van der Waals surface area contributed by atoms with Crippen LogP contribution in [0.25, 0.3) is 0 Å². The van der Waals surface area contributed by atoms with Crippen LogP contribution < -0.4 is 5.32 Å². The Labute approximate surface area is 116 Å². The van der Waals surface area contributed by atoms with Crippen LogP contribution in [0.15, 0.2) is 18.2 Å². The molecule has 0 saturated carbocycles. The van der Waals surface area contributed by atoms with E-state index < -0.39 is 40.5 Å². The third kappa shape index (κ3) is 4.05. The Balaban J connectivity index is 3.09. The number of benzene rings is 1. The molecule has 0 aliphatic rings. The number of nitro benzene ring substituents is 1. The number of carboxylic acids is 1. The predicted octanol–water partition coefficient (Wildman–Crippen LogP) is 1.86. The lowest BCUT2D eigenvalue weighted by Crippen LogP contribution is -2.41. The smallest absolute Gasteiger partial charge is 0.416 e. The molecule has 7 nitrogen and oxygen atoms in total. The third-order valence-electron chi connectivity index (χ3n) is 2.61. The highest BCUT2D eigenvalue weighted by atomic mass is 19.4. The zero-order valence-corrected chi connectivity index (χ0v) is 10.6. The van der Waals surface area contributed by atoms with Gasteiger partial charge in [-0.25, -0.2) is 4.79 Å². The number of aliphatic hydroxyl groups is 1. The second kappa shape index (κ2) is 5.56. The molecule has 1 atom stereocenters. The van der Waals surface area contributed by atoms with Crippen LogP contribution in [-0.2, 0) is 11.0 Å². The van der Waals surface area contributed by atoms with Crippen LogP contribution >= 0.6 is 0 Å². The maximum absolute atomic E-state index is 12.5. The lowest BCUT2D eigenvalue weighted by Gasteiger charge is -2.19. The molecular weight excluding hydrogens is 297 g/mol. The summed E-state index contributed by atoms with van der Waals surface area (Å²) >= 11 is 0. The zero-order valence-electron chi connectivity index (χ0n) is 10.6. The highest BCUT2D eigenvalue weighted by Crippen LogP contribution is 2.35. The molecule has 0 spiro atoms. The molecule has 116 valence electrons. The summed E-state index contributed by atoms with van der Waals surface area (Å²) in [7, 11) is 0. The van der Waals surface area contributed by atoms with Crippen LogP contribution in [-0.4, -0.2) is 33.3 Å². The summed E-state index contributed by atoms with van der Waals surface area (Å²) in [6, 6.07) is 1.75. The Bertz CT molecular complexity index is 571. The molecular formula is C11H11F3N2O5. The first-order chi connectivity index (χ1) is 9.45. The zero-order chi connectivity index (χ0) is 16.4. The van der Waals surface area contributed by atoms with Crippen LogP contribution in [0.2, 0.25) is 0 Å². The summed E-state index contributed by atoms with van der Waals surface area (Å²) in [6.07, 6.45) is -4.74. The van der Waals surface area contributed by atoms with Gasteiger partial charge in [0.15, 0.2) is 5.60 Å². The van der Waals surface area contributed by atoms with Gasteiger partial charge >= 0.3 is 12.1 Å². The molecule has 0 radical (unpaired) electrons. The van der Waals surface area contributed by atoms with Crippen molar-refractivity contribution in [1.82, 2.24) is 0 Å². The first-order valence-corrected chi connectivity index (χ1v) is 5.50. The second-order valence-corrected chi connectivity index (χ2v) is 4.42. The van der Waals surface area contributed by atoms with Gasteiger partial charge in [-0.05, 0) is 19.1 Å². The fourth-order valence-electron chi connectivity index (χ4n) is 1.35. The van der Waals surface area contributed by atoms with E-state index in [0.717, 1.165) is 13.0 Å². The number of rotatable bonds is 5. The number of carboxylic acid groups (broad SMARTS) is 1. The molecule has 1 aromatic rings. The van der Waals surface area contributed by atoms with Crippen LogP contribution in [0.5, 0.6) is 0 Å². The Kier molecular flexibility index (Phi) is 4.42. The number of carbonyl (C=O) groups is 1. The minimum Gasteiger partial charge on any atom is -0.479 e. The number of anilines is 1. The minimum atomic E-state index is -4.74. The third-order valence-corrected chi connectivity index (χ3v) is 2.61. The first-order valence-electron chi connectivity index (χ1n) is 5.50. The quantitative estimate of drug-likeness (QED) is 0.565. The van der Waals surface area contributed by atoms with Crippen molar-refractivity contribution in [3.63, 3.8) is 0 Å². The van der Waals surface area contributed by atoms with E-state index in [2.05, 4.69) is 5.32 Å². The molecule has 0 saturated heterocycles. The van der Waals surface area contributed by atoms with Crippen molar-refractivity contribution in [3.8, 4) is 0 Å². The van der Waals surface area contributed by atoms with Gasteiger partial charge < -0.3 is 15.5 Å². The molecule has 0 fully saturated rings. The van der Waals surface area contributed by atoms with Gasteiger partial charge in [0.2, 0.25) is 0 Å². The fraction of sp³-hybridized carbons (Fsp3) is 0.364. The van der Waals surface area contributed by atoms with Crippen LogP contribution in [0.4, 0.5) is 24.5 Å². The molecule has 10 heteroatoms. The van der Waals surface area contributed by atoms with E-state index in [4.69, 9.17) is 5.11 Å². The molecule has 0 heterocycles. The van der Waals surface area contributed by atoms with E-state index in [0.29, 0.717) is 12.1 Å². The molecule has 3 N–H and O–H groups in total. The van der Waals surface area contributed by atoms with E-state index in [1.54, 1.807) is 0 Å². The Hall–Kier alpha value is -2.36. The van der Waals surface area contributed by atoms with Crippen LogP contribution in [0.1, 0.15) is 12.5 Å². The van der Waals surface area contributed by atoms with Crippen LogP contribution in [0.3, 0.4) is 0 Å². The van der Waals surface area contributed by atoms with E-state index >= 15 is 0 Å². The van der Waals surface area contributed by atoms with Crippen LogP contribution in [0, 0.1) is 10.1 Å². The Morgan fingerprint density at radius 1 is 1.43 bits per heavy atom. The summed E-state index contributed by atoms with van der Waals surface area (Å²) < 4.78 is 37.4. The molecule has 21 heavy (non-hydrogen) atoms. The van der Waals surface area contributed by atoms with Crippen molar-refractivity contribution < 1.29 is 33.1 Å². The monoisotopic (exact) mass is 308 g/mol. The molecule has 0 aromatic heterocycles. The SMILES string of the molecule is CC(O)(CNc1ccc(C(F)(F)F)cc1[N+](=O)[O-])C(=O)O. The highest BCUT2D eigenvalue weighted by Gasteiger charge is 2.34. The van der Waals surface area contributed by atoms with E-state index in [-0.39, 0.29) is 5.69 Å². The summed E-state index contributed by atoms with van der Waals surface area (Å²) in [5.74, 6) is -1.58. The number of hydrogen-bond acceptors (Lipinski definition) is 5. The number of nitrogens with zero attached hydrogens (tertiary/aromatic N) is 1. The molecule has 1 unspecified atom stereocenters. The number of nitrogens with one attached hydrogen (secondary N) is 1. The fourth-order valence-corrected chi connectivity index (χ4v) is 1.35. The minimum absolute atomic E-state index is 0.325. The normalized spacial score (nSPS) is 14.3. The van der Waals surface area contributed by atoms with E-state index in [1.807, 2.05) is 0 Å². The summed E-state index contributed by atoms with van der Waals surface area (Å²) in [5, 5.41) is 31.2. The first kappa shape index (κ1) is 16.7. The largest absolute Gasteiger partial charge is 0.479 e. The number of hydrogen-bond donors (Lipinski definition) is 3. The molecule has 0 aliphatic heterocycles. The Morgan fingerprint density at radius 3 is 2.43 bits per heavy atom. The second-order valence-electron chi connectivity index (χ2n) is 4.42. The van der Waals surface area contributed by atoms with Gasteiger partial charge in [-0.2, -0.15) is 13.2 Å². The average molecular weight is 308 g/mol. The number of halogens is 3. The molecule has 0 aliphatic carbocycles. The summed E-state index contributed by atoms with van der Waals surface area (Å²) in [4.78, 5) is 20.4. The van der Waals surface area contributed by atoms with Gasteiger partial charge in [-0.1, -0.05) is 0 Å². The molecule has 1 rings (SSSR count). The van der Waals surface area contributed by atoms with Crippen molar-refractivity contribution in [2.24, 2.45) is 0 Å². The lowest BCUT2D eigenvalue weighted by atomic mass is 10.1. The number of alkyl halides is 3. The Morgan fingerprint density at radius 2 is 2.00 bits per heavy atom. The maximum atomic E-state index is 12.5. The predicted molar refractivity (Wildman–Crippen MR) is 64.8 cm³/mol. The van der Waals surface area contributed by atoms with Gasteiger partial charge in [0.05, 0.1) is 17.0 Å². The standard InChI is InChI=1S/C11H11F3N2O5/c1-10(19,9(17)18)5-15-7-3-2-6(11(12,13)14)4-8(7)16(20)21/h2-4,15,19H,5H2,1H3,(H,17,18). The van der Waals surface area contributed by atoms with Crippen molar-refractivity contribution in [3.05, 3.63) is 33.9 Å². The topological polar surface area (TPSA) is 113 Å². The maximum Gasteiger partial charge on any atom is 0.416 e. The van der Waals surface area contributed by atoms with E-state index in [9.17, 15) is 33.2 Å². The number of nitro groups is 1.